The van der Waals surface area contributed by atoms with Gasteiger partial charge in [0, 0.05) is 22.8 Å². The molecule has 3 nitrogen and oxygen atoms in total. The summed E-state index contributed by atoms with van der Waals surface area (Å²) in [7, 11) is 0. The Morgan fingerprint density at radius 1 is 1.21 bits per heavy atom. The lowest BCUT2D eigenvalue weighted by Gasteiger charge is -2.13. The molecule has 4 heteroatoms. The highest BCUT2D eigenvalue weighted by atomic mass is 79.9. The number of hydrogen-bond donors (Lipinski definition) is 1. The predicted molar refractivity (Wildman–Crippen MR) is 80.6 cm³/mol. The fourth-order valence-electron chi connectivity index (χ4n) is 1.92. The molecule has 0 aliphatic carbocycles. The maximum Gasteiger partial charge on any atom is 0.223 e. The number of rotatable bonds is 3. The molecule has 0 radical (unpaired) electrons. The molecule has 0 saturated carbocycles. The van der Waals surface area contributed by atoms with Crippen molar-refractivity contribution in [1.82, 2.24) is 4.98 Å². The average molecular weight is 321 g/mol. The minimum atomic E-state index is 0.394. The molecule has 1 aromatic carbocycles. The number of benzene rings is 1. The molecule has 0 fully saturated rings. The zero-order valence-corrected chi connectivity index (χ0v) is 12.9. The van der Waals surface area contributed by atoms with E-state index in [-0.39, 0.29) is 0 Å². The van der Waals surface area contributed by atoms with Gasteiger partial charge < -0.3 is 10.5 Å². The third-order valence-electron chi connectivity index (χ3n) is 3.08. The zero-order chi connectivity index (χ0) is 14.0. The van der Waals surface area contributed by atoms with Crippen molar-refractivity contribution in [2.45, 2.75) is 27.3 Å². The average Bonchev–Trinajstić information content (AvgIpc) is 2.37. The van der Waals surface area contributed by atoms with Crippen molar-refractivity contribution >= 4 is 15.9 Å². The van der Waals surface area contributed by atoms with E-state index in [9.17, 15) is 0 Å². The first-order valence-corrected chi connectivity index (χ1v) is 6.90. The van der Waals surface area contributed by atoms with Crippen molar-refractivity contribution in [3.63, 3.8) is 0 Å². The normalized spacial score (nSPS) is 10.6. The SMILES string of the molecule is Cc1cc(C)c(C)c(Oc2ncc(Br)cc2CN)c1. The summed E-state index contributed by atoms with van der Waals surface area (Å²) in [5.41, 5.74) is 10.1. The lowest BCUT2D eigenvalue weighted by atomic mass is 10.1. The fraction of sp³-hybridized carbons (Fsp3) is 0.267. The van der Waals surface area contributed by atoms with Crippen molar-refractivity contribution in [2.24, 2.45) is 5.73 Å². The lowest BCUT2D eigenvalue weighted by Crippen LogP contribution is -2.02. The Hall–Kier alpha value is -1.39. The number of pyridine rings is 1. The van der Waals surface area contributed by atoms with Gasteiger partial charge in [0.15, 0.2) is 0 Å². The summed E-state index contributed by atoms with van der Waals surface area (Å²) >= 11 is 3.39. The number of aryl methyl sites for hydroxylation is 2. The highest BCUT2D eigenvalue weighted by molar-refractivity contribution is 9.10. The predicted octanol–water partition coefficient (Wildman–Crippen LogP) is 4.02. The fourth-order valence-corrected chi connectivity index (χ4v) is 2.30. The van der Waals surface area contributed by atoms with E-state index in [2.05, 4.69) is 40.8 Å². The molecule has 0 aliphatic heterocycles. The Balaban J connectivity index is 2.41. The largest absolute Gasteiger partial charge is 0.438 e. The summed E-state index contributed by atoms with van der Waals surface area (Å²) in [6, 6.07) is 6.09. The molecule has 1 heterocycles. The first-order chi connectivity index (χ1) is 9.01. The van der Waals surface area contributed by atoms with Gasteiger partial charge in [-0.1, -0.05) is 6.07 Å². The molecule has 0 aliphatic rings. The van der Waals surface area contributed by atoms with Gasteiger partial charge in [-0.3, -0.25) is 0 Å². The molecule has 1 aromatic heterocycles. The molecule has 0 atom stereocenters. The summed E-state index contributed by atoms with van der Waals surface area (Å²) in [4.78, 5) is 4.30. The van der Waals surface area contributed by atoms with Gasteiger partial charge in [0.1, 0.15) is 5.75 Å². The Kier molecular flexibility index (Phi) is 4.22. The molecule has 0 spiro atoms. The Labute approximate surface area is 121 Å². The number of halogens is 1. The number of nitrogens with zero attached hydrogens (tertiary/aromatic N) is 1. The maximum absolute atomic E-state index is 5.94. The van der Waals surface area contributed by atoms with Crippen molar-refractivity contribution in [1.29, 1.82) is 0 Å². The summed E-state index contributed by atoms with van der Waals surface area (Å²) in [5, 5.41) is 0. The van der Waals surface area contributed by atoms with Crippen LogP contribution in [0.15, 0.2) is 28.9 Å². The van der Waals surface area contributed by atoms with Gasteiger partial charge in [0.05, 0.1) is 0 Å². The second-order valence-electron chi connectivity index (χ2n) is 4.63. The number of nitrogens with two attached hydrogens (primary N) is 1. The van der Waals surface area contributed by atoms with E-state index < -0.39 is 0 Å². The molecule has 0 amide bonds. The molecule has 0 bridgehead atoms. The second-order valence-corrected chi connectivity index (χ2v) is 5.54. The molecule has 100 valence electrons. The highest BCUT2D eigenvalue weighted by Crippen LogP contribution is 2.30. The van der Waals surface area contributed by atoms with Crippen LogP contribution in [0.5, 0.6) is 11.6 Å². The number of aromatic nitrogens is 1. The van der Waals surface area contributed by atoms with Crippen molar-refractivity contribution < 1.29 is 4.74 Å². The smallest absolute Gasteiger partial charge is 0.223 e. The van der Waals surface area contributed by atoms with Crippen LogP contribution in [0.1, 0.15) is 22.3 Å². The van der Waals surface area contributed by atoms with Crippen LogP contribution in [-0.4, -0.2) is 4.98 Å². The van der Waals surface area contributed by atoms with Gasteiger partial charge in [-0.2, -0.15) is 0 Å². The van der Waals surface area contributed by atoms with Gasteiger partial charge in [0.2, 0.25) is 5.88 Å². The molecular formula is C15H17BrN2O. The monoisotopic (exact) mass is 320 g/mol. The molecule has 2 aromatic rings. The van der Waals surface area contributed by atoms with Gasteiger partial charge >= 0.3 is 0 Å². The summed E-state index contributed by atoms with van der Waals surface area (Å²) in [5.74, 6) is 1.40. The summed E-state index contributed by atoms with van der Waals surface area (Å²) in [6.07, 6.45) is 1.71. The third kappa shape index (κ3) is 3.14. The molecular weight excluding hydrogens is 304 g/mol. The number of hydrogen-bond acceptors (Lipinski definition) is 3. The van der Waals surface area contributed by atoms with Crippen LogP contribution in [0.2, 0.25) is 0 Å². The van der Waals surface area contributed by atoms with Crippen molar-refractivity contribution in [3.05, 3.63) is 51.1 Å². The zero-order valence-electron chi connectivity index (χ0n) is 11.3. The van der Waals surface area contributed by atoms with E-state index in [1.807, 2.05) is 19.1 Å². The van der Waals surface area contributed by atoms with Gasteiger partial charge in [-0.05, 0) is 65.5 Å². The van der Waals surface area contributed by atoms with Crippen LogP contribution in [0.25, 0.3) is 0 Å². The standard InChI is InChI=1S/C15H17BrN2O/c1-9-4-10(2)11(3)14(5-9)19-15-12(7-17)6-13(16)8-18-15/h4-6,8H,7,17H2,1-3H3. The quantitative estimate of drug-likeness (QED) is 0.929. The van der Waals surface area contributed by atoms with Crippen molar-refractivity contribution in [2.75, 3.05) is 0 Å². The Morgan fingerprint density at radius 3 is 2.63 bits per heavy atom. The van der Waals surface area contributed by atoms with Gasteiger partial charge in [-0.15, -0.1) is 0 Å². The summed E-state index contributed by atoms with van der Waals surface area (Å²) in [6.45, 7) is 6.57. The second kappa shape index (κ2) is 5.72. The molecule has 19 heavy (non-hydrogen) atoms. The van der Waals surface area contributed by atoms with Crippen LogP contribution in [-0.2, 0) is 6.54 Å². The maximum atomic E-state index is 5.94. The molecule has 2 N–H and O–H groups in total. The van der Waals surface area contributed by atoms with Crippen LogP contribution in [0.3, 0.4) is 0 Å². The van der Waals surface area contributed by atoms with E-state index in [1.165, 1.54) is 11.1 Å². The van der Waals surface area contributed by atoms with Crippen LogP contribution >= 0.6 is 15.9 Å². The van der Waals surface area contributed by atoms with E-state index in [0.717, 1.165) is 21.3 Å². The van der Waals surface area contributed by atoms with Gasteiger partial charge in [0.25, 0.3) is 0 Å². The Bertz CT molecular complexity index is 611. The number of ether oxygens (including phenoxy) is 1. The molecule has 0 unspecified atom stereocenters. The van der Waals surface area contributed by atoms with Crippen LogP contribution < -0.4 is 10.5 Å². The topological polar surface area (TPSA) is 48.1 Å². The van der Waals surface area contributed by atoms with E-state index in [1.54, 1.807) is 6.20 Å². The molecule has 0 saturated heterocycles. The lowest BCUT2D eigenvalue weighted by molar-refractivity contribution is 0.452. The van der Waals surface area contributed by atoms with E-state index >= 15 is 0 Å². The first kappa shape index (κ1) is 14.0. The minimum absolute atomic E-state index is 0.394. The van der Waals surface area contributed by atoms with Crippen LogP contribution in [0, 0.1) is 20.8 Å². The van der Waals surface area contributed by atoms with E-state index in [0.29, 0.717) is 12.4 Å². The molecule has 2 rings (SSSR count). The van der Waals surface area contributed by atoms with Crippen molar-refractivity contribution in [3.8, 4) is 11.6 Å². The summed E-state index contributed by atoms with van der Waals surface area (Å²) < 4.78 is 6.84. The van der Waals surface area contributed by atoms with Crippen LogP contribution in [0.4, 0.5) is 0 Å². The van der Waals surface area contributed by atoms with E-state index in [4.69, 9.17) is 10.5 Å². The highest BCUT2D eigenvalue weighted by Gasteiger charge is 2.10. The first-order valence-electron chi connectivity index (χ1n) is 6.11. The minimum Gasteiger partial charge on any atom is -0.438 e. The third-order valence-corrected chi connectivity index (χ3v) is 3.52. The Morgan fingerprint density at radius 2 is 1.95 bits per heavy atom. The van der Waals surface area contributed by atoms with Gasteiger partial charge in [-0.25, -0.2) is 4.98 Å².